The molecule has 0 saturated carbocycles. The van der Waals surface area contributed by atoms with Crippen molar-refractivity contribution in [3.63, 3.8) is 0 Å². The zero-order valence-electron chi connectivity index (χ0n) is 14.6. The van der Waals surface area contributed by atoms with Crippen LogP contribution in [-0.4, -0.2) is 53.4 Å². The van der Waals surface area contributed by atoms with Gasteiger partial charge in [0.15, 0.2) is 0 Å². The van der Waals surface area contributed by atoms with E-state index < -0.39 is 4.92 Å². The number of carbonyl (C=O) groups excluding carboxylic acids is 1. The molecule has 0 bridgehead atoms. The molecule has 1 aromatic carbocycles. The highest BCUT2D eigenvalue weighted by Gasteiger charge is 2.22. The monoisotopic (exact) mass is 355 g/mol. The van der Waals surface area contributed by atoms with Gasteiger partial charge >= 0.3 is 0 Å². The van der Waals surface area contributed by atoms with Crippen molar-refractivity contribution >= 4 is 23.1 Å². The number of nitro groups is 1. The molecule has 1 aromatic heterocycles. The summed E-state index contributed by atoms with van der Waals surface area (Å²) in [6, 6.07) is 10.6. The summed E-state index contributed by atoms with van der Waals surface area (Å²) in [6.45, 7) is 5.00. The first kappa shape index (κ1) is 17.8. The van der Waals surface area contributed by atoms with E-state index in [4.69, 9.17) is 0 Å². The Hall–Kier alpha value is -3.00. The SMILES string of the molecule is Cc1cccc([N+](=O)[O-])c1NC(=O)CN1CCN(c2ccccn2)CC1. The fourth-order valence-electron chi connectivity index (χ4n) is 3.02. The number of benzene rings is 1. The fraction of sp³-hybridized carbons (Fsp3) is 0.333. The normalized spacial score (nSPS) is 14.9. The van der Waals surface area contributed by atoms with Crippen LogP contribution in [0.5, 0.6) is 0 Å². The van der Waals surface area contributed by atoms with Gasteiger partial charge in [0.1, 0.15) is 11.5 Å². The Kier molecular flexibility index (Phi) is 5.43. The van der Waals surface area contributed by atoms with E-state index in [1.54, 1.807) is 25.3 Å². The second-order valence-electron chi connectivity index (χ2n) is 6.23. The number of amides is 1. The number of nitro benzene ring substituents is 1. The van der Waals surface area contributed by atoms with Crippen molar-refractivity contribution in [2.24, 2.45) is 0 Å². The fourth-order valence-corrected chi connectivity index (χ4v) is 3.02. The summed E-state index contributed by atoms with van der Waals surface area (Å²) in [5, 5.41) is 13.9. The molecule has 8 nitrogen and oxygen atoms in total. The standard InChI is InChI=1S/C18H21N5O3/c1-14-5-4-6-15(23(25)26)18(14)20-17(24)13-21-9-11-22(12-10-21)16-7-2-3-8-19-16/h2-8H,9-13H2,1H3,(H,20,24). The van der Waals surface area contributed by atoms with Crippen molar-refractivity contribution in [2.45, 2.75) is 6.92 Å². The van der Waals surface area contributed by atoms with Gasteiger partial charge in [0.05, 0.1) is 11.5 Å². The van der Waals surface area contributed by atoms with Crippen LogP contribution in [0.25, 0.3) is 0 Å². The molecule has 8 heteroatoms. The van der Waals surface area contributed by atoms with E-state index in [1.165, 1.54) is 6.07 Å². The van der Waals surface area contributed by atoms with Crippen molar-refractivity contribution in [1.82, 2.24) is 9.88 Å². The van der Waals surface area contributed by atoms with E-state index >= 15 is 0 Å². The number of rotatable bonds is 5. The van der Waals surface area contributed by atoms with Gasteiger partial charge in [-0.3, -0.25) is 19.8 Å². The molecular formula is C18H21N5O3. The summed E-state index contributed by atoms with van der Waals surface area (Å²) in [6.07, 6.45) is 1.77. The van der Waals surface area contributed by atoms with Gasteiger partial charge in [-0.1, -0.05) is 18.2 Å². The first-order valence-electron chi connectivity index (χ1n) is 8.47. The Morgan fingerprint density at radius 1 is 1.19 bits per heavy atom. The first-order valence-corrected chi connectivity index (χ1v) is 8.47. The lowest BCUT2D eigenvalue weighted by atomic mass is 10.1. The van der Waals surface area contributed by atoms with Crippen LogP contribution in [0, 0.1) is 17.0 Å². The third kappa shape index (κ3) is 4.15. The maximum Gasteiger partial charge on any atom is 0.293 e. The number of carbonyl (C=O) groups is 1. The third-order valence-electron chi connectivity index (χ3n) is 4.42. The van der Waals surface area contributed by atoms with Crippen LogP contribution < -0.4 is 10.2 Å². The number of hydrogen-bond donors (Lipinski definition) is 1. The minimum atomic E-state index is -0.478. The van der Waals surface area contributed by atoms with Crippen molar-refractivity contribution in [2.75, 3.05) is 42.9 Å². The highest BCUT2D eigenvalue weighted by molar-refractivity contribution is 5.95. The van der Waals surface area contributed by atoms with Gasteiger partial charge in [-0.2, -0.15) is 0 Å². The zero-order chi connectivity index (χ0) is 18.5. The summed E-state index contributed by atoms with van der Waals surface area (Å²) in [7, 11) is 0. The molecule has 1 fully saturated rings. The van der Waals surface area contributed by atoms with Crippen LogP contribution in [0.2, 0.25) is 0 Å². The lowest BCUT2D eigenvalue weighted by Crippen LogP contribution is -2.48. The van der Waals surface area contributed by atoms with E-state index in [0.717, 1.165) is 32.0 Å². The maximum absolute atomic E-state index is 12.4. The molecule has 0 atom stereocenters. The minimum Gasteiger partial charge on any atom is -0.354 e. The number of nitrogens with one attached hydrogen (secondary N) is 1. The maximum atomic E-state index is 12.4. The second kappa shape index (κ2) is 7.92. The largest absolute Gasteiger partial charge is 0.354 e. The average molecular weight is 355 g/mol. The molecule has 0 aliphatic carbocycles. The highest BCUT2D eigenvalue weighted by atomic mass is 16.6. The average Bonchev–Trinajstić information content (AvgIpc) is 2.64. The van der Waals surface area contributed by atoms with E-state index in [9.17, 15) is 14.9 Å². The van der Waals surface area contributed by atoms with Crippen LogP contribution >= 0.6 is 0 Å². The topological polar surface area (TPSA) is 91.6 Å². The van der Waals surface area contributed by atoms with Crippen molar-refractivity contribution < 1.29 is 9.72 Å². The Morgan fingerprint density at radius 2 is 1.96 bits per heavy atom. The highest BCUT2D eigenvalue weighted by Crippen LogP contribution is 2.27. The van der Waals surface area contributed by atoms with Gasteiger partial charge in [-0.25, -0.2) is 4.98 Å². The summed E-state index contributed by atoms with van der Waals surface area (Å²) in [5.41, 5.74) is 0.862. The van der Waals surface area contributed by atoms with Crippen LogP contribution in [0.4, 0.5) is 17.2 Å². The number of piperazine rings is 1. The predicted octanol–water partition coefficient (Wildman–Crippen LogP) is 2.06. The molecule has 26 heavy (non-hydrogen) atoms. The zero-order valence-corrected chi connectivity index (χ0v) is 14.6. The van der Waals surface area contributed by atoms with E-state index in [1.807, 2.05) is 23.1 Å². The van der Waals surface area contributed by atoms with Crippen LogP contribution in [0.15, 0.2) is 42.6 Å². The molecule has 2 aromatic rings. The molecule has 1 saturated heterocycles. The number of nitrogens with zero attached hydrogens (tertiary/aromatic N) is 4. The summed E-state index contributed by atoms with van der Waals surface area (Å²) in [5.74, 6) is 0.695. The number of hydrogen-bond acceptors (Lipinski definition) is 6. The van der Waals surface area contributed by atoms with Gasteiger partial charge in [-0.15, -0.1) is 0 Å². The molecule has 1 amide bonds. The van der Waals surface area contributed by atoms with E-state index in [2.05, 4.69) is 15.2 Å². The second-order valence-corrected chi connectivity index (χ2v) is 6.23. The quantitative estimate of drug-likeness (QED) is 0.652. The first-order chi connectivity index (χ1) is 12.5. The number of para-hydroxylation sites is 1. The summed E-state index contributed by atoms with van der Waals surface area (Å²) >= 11 is 0. The van der Waals surface area contributed by atoms with E-state index in [-0.39, 0.29) is 23.8 Å². The molecule has 1 aliphatic heterocycles. The van der Waals surface area contributed by atoms with Crippen molar-refractivity contribution in [3.05, 3.63) is 58.3 Å². The van der Waals surface area contributed by atoms with Gasteiger partial charge < -0.3 is 10.2 Å². The third-order valence-corrected chi connectivity index (χ3v) is 4.42. The van der Waals surface area contributed by atoms with Crippen LogP contribution in [0.1, 0.15) is 5.56 Å². The van der Waals surface area contributed by atoms with Gasteiger partial charge in [0, 0.05) is 38.4 Å². The number of pyridine rings is 1. The lowest BCUT2D eigenvalue weighted by Gasteiger charge is -2.34. The molecule has 0 unspecified atom stereocenters. The molecule has 1 N–H and O–H groups in total. The number of aromatic nitrogens is 1. The summed E-state index contributed by atoms with van der Waals surface area (Å²) < 4.78 is 0. The van der Waals surface area contributed by atoms with Gasteiger partial charge in [0.25, 0.3) is 5.69 Å². The van der Waals surface area contributed by atoms with E-state index in [0.29, 0.717) is 5.56 Å². The molecule has 2 heterocycles. The Morgan fingerprint density at radius 3 is 2.62 bits per heavy atom. The molecule has 1 aliphatic rings. The van der Waals surface area contributed by atoms with Crippen molar-refractivity contribution in [3.8, 4) is 0 Å². The molecule has 0 radical (unpaired) electrons. The number of aryl methyl sites for hydroxylation is 1. The predicted molar refractivity (Wildman–Crippen MR) is 99.4 cm³/mol. The summed E-state index contributed by atoms with van der Waals surface area (Å²) in [4.78, 5) is 31.6. The Balaban J connectivity index is 1.56. The Bertz CT molecular complexity index is 789. The molecule has 3 rings (SSSR count). The molecule has 136 valence electrons. The lowest BCUT2D eigenvalue weighted by molar-refractivity contribution is -0.384. The number of anilines is 2. The van der Waals surface area contributed by atoms with Crippen molar-refractivity contribution in [1.29, 1.82) is 0 Å². The molecular weight excluding hydrogens is 334 g/mol. The smallest absolute Gasteiger partial charge is 0.293 e. The molecule has 0 spiro atoms. The Labute approximate surface area is 151 Å². The van der Waals surface area contributed by atoms with Crippen LogP contribution in [-0.2, 0) is 4.79 Å². The van der Waals surface area contributed by atoms with Gasteiger partial charge in [0.2, 0.25) is 5.91 Å². The minimum absolute atomic E-state index is 0.0849. The van der Waals surface area contributed by atoms with Gasteiger partial charge in [-0.05, 0) is 24.6 Å². The van der Waals surface area contributed by atoms with Crippen LogP contribution in [0.3, 0.4) is 0 Å².